The number of nitrogens with zero attached hydrogens (tertiary/aromatic N) is 2. The first-order valence-corrected chi connectivity index (χ1v) is 6.24. The molecule has 0 fully saturated rings. The minimum absolute atomic E-state index is 0.313. The van der Waals surface area contributed by atoms with Gasteiger partial charge in [-0.05, 0) is 19.1 Å². The summed E-state index contributed by atoms with van der Waals surface area (Å²) in [4.78, 5) is 17.4. The Labute approximate surface area is 104 Å². The first-order chi connectivity index (χ1) is 8.20. The number of ether oxygens (including phenoxy) is 1. The van der Waals surface area contributed by atoms with Crippen molar-refractivity contribution in [3.05, 3.63) is 29.3 Å². The fourth-order valence-electron chi connectivity index (χ4n) is 1.49. The monoisotopic (exact) mass is 250 g/mol. The van der Waals surface area contributed by atoms with Crippen LogP contribution in [-0.2, 0) is 11.3 Å². The number of carbonyl (C=O) groups excluding carboxylic acids is 1. The Morgan fingerprint density at radius 2 is 2.24 bits per heavy atom. The van der Waals surface area contributed by atoms with E-state index >= 15 is 0 Å². The number of rotatable bonds is 3. The van der Waals surface area contributed by atoms with Gasteiger partial charge in [0.25, 0.3) is 0 Å². The number of hydrogen-bond acceptors (Lipinski definition) is 4. The lowest BCUT2D eigenvalue weighted by atomic mass is 10.3. The molecule has 5 heteroatoms. The van der Waals surface area contributed by atoms with Crippen LogP contribution in [0, 0.1) is 0 Å². The van der Waals surface area contributed by atoms with Crippen molar-refractivity contribution >= 4 is 27.6 Å². The Morgan fingerprint density at radius 3 is 2.94 bits per heavy atom. The summed E-state index contributed by atoms with van der Waals surface area (Å²) >= 11 is 1.60. The molecule has 1 heterocycles. The van der Waals surface area contributed by atoms with E-state index in [1.807, 2.05) is 24.3 Å². The lowest BCUT2D eigenvalue weighted by molar-refractivity contribution is 0.114. The van der Waals surface area contributed by atoms with Gasteiger partial charge in [0.05, 0.1) is 23.4 Å². The Kier molecular flexibility index (Phi) is 3.58. The van der Waals surface area contributed by atoms with Crippen LogP contribution in [0.5, 0.6) is 0 Å². The summed E-state index contributed by atoms with van der Waals surface area (Å²) < 4.78 is 6.05. The molecule has 0 spiro atoms. The topological polar surface area (TPSA) is 42.4 Å². The molecule has 90 valence electrons. The Hall–Kier alpha value is -1.62. The summed E-state index contributed by atoms with van der Waals surface area (Å²) in [5, 5.41) is 0.918. The van der Waals surface area contributed by atoms with Crippen molar-refractivity contribution < 1.29 is 9.53 Å². The van der Waals surface area contributed by atoms with Crippen molar-refractivity contribution in [2.45, 2.75) is 13.5 Å². The summed E-state index contributed by atoms with van der Waals surface area (Å²) in [6, 6.07) is 7.95. The van der Waals surface area contributed by atoms with Crippen LogP contribution in [0.25, 0.3) is 10.2 Å². The summed E-state index contributed by atoms with van der Waals surface area (Å²) in [6.07, 6.45) is -0.313. The lowest BCUT2D eigenvalue weighted by Crippen LogP contribution is -2.26. The third kappa shape index (κ3) is 2.74. The van der Waals surface area contributed by atoms with E-state index in [1.54, 1.807) is 25.3 Å². The van der Waals surface area contributed by atoms with Crippen LogP contribution in [0.3, 0.4) is 0 Å². The van der Waals surface area contributed by atoms with Gasteiger partial charge in [-0.2, -0.15) is 0 Å². The van der Waals surface area contributed by atoms with Gasteiger partial charge < -0.3 is 9.64 Å². The van der Waals surface area contributed by atoms with Gasteiger partial charge in [0.2, 0.25) is 0 Å². The maximum Gasteiger partial charge on any atom is 0.409 e. The first-order valence-electron chi connectivity index (χ1n) is 5.43. The van der Waals surface area contributed by atoms with Gasteiger partial charge >= 0.3 is 6.09 Å². The molecule has 0 atom stereocenters. The number of aromatic nitrogens is 1. The molecular weight excluding hydrogens is 236 g/mol. The highest BCUT2D eigenvalue weighted by molar-refractivity contribution is 7.18. The largest absolute Gasteiger partial charge is 0.450 e. The average Bonchev–Trinajstić information content (AvgIpc) is 2.71. The van der Waals surface area contributed by atoms with Crippen LogP contribution in [0.2, 0.25) is 0 Å². The normalized spacial score (nSPS) is 10.5. The van der Waals surface area contributed by atoms with E-state index in [4.69, 9.17) is 4.74 Å². The van der Waals surface area contributed by atoms with Gasteiger partial charge in [-0.15, -0.1) is 11.3 Å². The second kappa shape index (κ2) is 5.14. The molecule has 0 aliphatic heterocycles. The summed E-state index contributed by atoms with van der Waals surface area (Å²) in [7, 11) is 1.71. The molecule has 1 amide bonds. The molecule has 4 nitrogen and oxygen atoms in total. The minimum atomic E-state index is -0.313. The highest BCUT2D eigenvalue weighted by atomic mass is 32.1. The average molecular weight is 250 g/mol. The van der Waals surface area contributed by atoms with Crippen molar-refractivity contribution in [1.29, 1.82) is 0 Å². The number of hydrogen-bond donors (Lipinski definition) is 0. The van der Waals surface area contributed by atoms with Crippen LogP contribution >= 0.6 is 11.3 Å². The van der Waals surface area contributed by atoms with E-state index in [2.05, 4.69) is 4.98 Å². The Bertz CT molecular complexity index is 491. The number of amides is 1. The molecule has 0 aliphatic carbocycles. The molecule has 17 heavy (non-hydrogen) atoms. The maximum absolute atomic E-state index is 11.4. The fourth-order valence-corrected chi connectivity index (χ4v) is 2.51. The number of thiazole rings is 1. The third-order valence-electron chi connectivity index (χ3n) is 2.29. The van der Waals surface area contributed by atoms with Crippen molar-refractivity contribution in [3.8, 4) is 0 Å². The molecule has 0 aliphatic rings. The van der Waals surface area contributed by atoms with Gasteiger partial charge in [-0.25, -0.2) is 9.78 Å². The number of benzene rings is 1. The summed E-state index contributed by atoms with van der Waals surface area (Å²) in [6.45, 7) is 2.67. The van der Waals surface area contributed by atoms with E-state index in [9.17, 15) is 4.79 Å². The standard InChI is InChI=1S/C12H14N2O2S/c1-3-16-12(15)14(2)8-11-13-9-6-4-5-7-10(9)17-11/h4-7H,3,8H2,1-2H3. The molecule has 1 aromatic heterocycles. The fraction of sp³-hybridized carbons (Fsp3) is 0.333. The zero-order chi connectivity index (χ0) is 12.3. The lowest BCUT2D eigenvalue weighted by Gasteiger charge is -2.14. The molecular formula is C12H14N2O2S. The number of fused-ring (bicyclic) bond motifs is 1. The molecule has 0 bridgehead atoms. The van der Waals surface area contributed by atoms with Crippen molar-refractivity contribution in [2.75, 3.05) is 13.7 Å². The number of para-hydroxylation sites is 1. The third-order valence-corrected chi connectivity index (χ3v) is 3.31. The van der Waals surface area contributed by atoms with Crippen molar-refractivity contribution in [2.24, 2.45) is 0 Å². The molecule has 0 unspecified atom stereocenters. The van der Waals surface area contributed by atoms with Crippen molar-refractivity contribution in [3.63, 3.8) is 0 Å². The van der Waals surface area contributed by atoms with Gasteiger partial charge in [0.15, 0.2) is 0 Å². The van der Waals surface area contributed by atoms with Gasteiger partial charge in [-0.1, -0.05) is 12.1 Å². The molecule has 0 saturated heterocycles. The summed E-state index contributed by atoms with van der Waals surface area (Å²) in [5.41, 5.74) is 0.977. The van der Waals surface area contributed by atoms with Crippen molar-refractivity contribution in [1.82, 2.24) is 9.88 Å². The van der Waals surface area contributed by atoms with E-state index in [0.717, 1.165) is 15.2 Å². The van der Waals surface area contributed by atoms with Crippen LogP contribution in [0.4, 0.5) is 4.79 Å². The first kappa shape index (κ1) is 11.9. The second-order valence-electron chi connectivity index (χ2n) is 3.63. The van der Waals surface area contributed by atoms with E-state index < -0.39 is 0 Å². The second-order valence-corrected chi connectivity index (χ2v) is 4.75. The highest BCUT2D eigenvalue weighted by Gasteiger charge is 2.12. The summed E-state index contributed by atoms with van der Waals surface area (Å²) in [5.74, 6) is 0. The minimum Gasteiger partial charge on any atom is -0.450 e. The molecule has 0 saturated carbocycles. The molecule has 1 aromatic carbocycles. The maximum atomic E-state index is 11.4. The van der Waals surface area contributed by atoms with E-state index in [-0.39, 0.29) is 6.09 Å². The number of carbonyl (C=O) groups is 1. The molecule has 0 radical (unpaired) electrons. The predicted octanol–water partition coefficient (Wildman–Crippen LogP) is 2.88. The van der Waals surface area contributed by atoms with Gasteiger partial charge in [0, 0.05) is 7.05 Å². The predicted molar refractivity (Wildman–Crippen MR) is 68.1 cm³/mol. The van der Waals surface area contributed by atoms with Gasteiger partial charge in [0.1, 0.15) is 5.01 Å². The quantitative estimate of drug-likeness (QED) is 0.841. The molecule has 2 aromatic rings. The van der Waals surface area contributed by atoms with E-state index in [0.29, 0.717) is 13.2 Å². The molecule has 2 rings (SSSR count). The zero-order valence-electron chi connectivity index (χ0n) is 9.84. The van der Waals surface area contributed by atoms with Crippen LogP contribution < -0.4 is 0 Å². The zero-order valence-corrected chi connectivity index (χ0v) is 10.7. The Balaban J connectivity index is 2.10. The van der Waals surface area contributed by atoms with Crippen LogP contribution in [0.1, 0.15) is 11.9 Å². The smallest absolute Gasteiger partial charge is 0.409 e. The van der Waals surface area contributed by atoms with Crippen LogP contribution in [0.15, 0.2) is 24.3 Å². The SMILES string of the molecule is CCOC(=O)N(C)Cc1nc2ccccc2s1. The molecule has 0 N–H and O–H groups in total. The van der Waals surface area contributed by atoms with E-state index in [1.165, 1.54) is 4.90 Å². The van der Waals surface area contributed by atoms with Crippen LogP contribution in [-0.4, -0.2) is 29.6 Å². The van der Waals surface area contributed by atoms with Gasteiger partial charge in [-0.3, -0.25) is 0 Å². The highest BCUT2D eigenvalue weighted by Crippen LogP contribution is 2.22. The Morgan fingerprint density at radius 1 is 1.47 bits per heavy atom.